The molecule has 0 saturated carbocycles. The van der Waals surface area contributed by atoms with Gasteiger partial charge in [-0.25, -0.2) is 0 Å². The van der Waals surface area contributed by atoms with Gasteiger partial charge in [0.05, 0.1) is 0 Å². The Morgan fingerprint density at radius 3 is 1.43 bits per heavy atom. The van der Waals surface area contributed by atoms with Crippen LogP contribution in [0.1, 0.15) is 0 Å². The number of rotatable bonds is 4. The van der Waals surface area contributed by atoms with Gasteiger partial charge >= 0.3 is 0 Å². The maximum absolute atomic E-state index is 6.44. The van der Waals surface area contributed by atoms with Gasteiger partial charge in [0.25, 0.3) is 0 Å². The van der Waals surface area contributed by atoms with Crippen molar-refractivity contribution in [3.05, 3.63) is 194 Å². The van der Waals surface area contributed by atoms with Crippen molar-refractivity contribution in [1.82, 2.24) is 0 Å². The lowest BCUT2D eigenvalue weighted by molar-refractivity contribution is 0.633. The van der Waals surface area contributed by atoms with Crippen molar-refractivity contribution in [1.29, 1.82) is 0 Å². The fourth-order valence-electron chi connectivity index (χ4n) is 9.00. The van der Waals surface area contributed by atoms with E-state index in [1.54, 1.807) is 0 Å². The van der Waals surface area contributed by atoms with Gasteiger partial charge in [0.2, 0.25) is 0 Å². The molecule has 0 aliphatic carbocycles. The van der Waals surface area contributed by atoms with E-state index in [0.29, 0.717) is 0 Å². The fourth-order valence-corrected chi connectivity index (χ4v) is 9.00. The lowest BCUT2D eigenvalue weighted by Crippen LogP contribution is -1.91. The van der Waals surface area contributed by atoms with Crippen LogP contribution in [0.25, 0.3) is 121 Å². The summed E-state index contributed by atoms with van der Waals surface area (Å²) in [5, 5.41) is 11.8. The van der Waals surface area contributed by atoms with Crippen LogP contribution >= 0.6 is 0 Å². The number of hydrogen-bond donors (Lipinski definition) is 0. The molecule has 260 valence electrons. The van der Waals surface area contributed by atoms with Gasteiger partial charge in [-0.3, -0.25) is 0 Å². The van der Waals surface area contributed by atoms with Crippen LogP contribution in [0.2, 0.25) is 0 Å². The molecule has 0 atom stereocenters. The predicted molar refractivity (Wildman–Crippen MR) is 235 cm³/mol. The van der Waals surface area contributed by atoms with Crippen LogP contribution in [-0.2, 0) is 0 Å². The first kappa shape index (κ1) is 31.0. The molecule has 2 heteroatoms. The molecule has 56 heavy (non-hydrogen) atoms. The van der Waals surface area contributed by atoms with Gasteiger partial charge < -0.3 is 8.83 Å². The summed E-state index contributed by atoms with van der Waals surface area (Å²) in [6.45, 7) is 0. The summed E-state index contributed by atoms with van der Waals surface area (Å²) >= 11 is 0. The van der Waals surface area contributed by atoms with E-state index in [1.165, 1.54) is 65.7 Å². The van der Waals surface area contributed by atoms with E-state index in [0.717, 1.165) is 55.0 Å². The van der Waals surface area contributed by atoms with Crippen LogP contribution in [-0.4, -0.2) is 0 Å². The molecule has 0 fully saturated rings. The second kappa shape index (κ2) is 12.0. The highest BCUT2D eigenvalue weighted by molar-refractivity contribution is 6.22. The van der Waals surface area contributed by atoms with Crippen molar-refractivity contribution in [2.24, 2.45) is 0 Å². The van der Waals surface area contributed by atoms with E-state index in [2.05, 4.69) is 176 Å². The van der Waals surface area contributed by atoms with Gasteiger partial charge in [0.1, 0.15) is 11.2 Å². The van der Waals surface area contributed by atoms with Crippen LogP contribution in [0.5, 0.6) is 0 Å². The van der Waals surface area contributed by atoms with Crippen molar-refractivity contribution >= 4 is 76.2 Å². The summed E-state index contributed by atoms with van der Waals surface area (Å²) in [5.74, 6) is 0. The van der Waals surface area contributed by atoms with E-state index < -0.39 is 0 Å². The summed E-state index contributed by atoms with van der Waals surface area (Å²) in [7, 11) is 0. The van der Waals surface area contributed by atoms with Crippen LogP contribution in [0.15, 0.2) is 203 Å². The summed E-state index contributed by atoms with van der Waals surface area (Å²) in [6, 6.07) is 70.1. The zero-order valence-electron chi connectivity index (χ0n) is 30.3. The van der Waals surface area contributed by atoms with Gasteiger partial charge in [-0.15, -0.1) is 0 Å². The minimum Gasteiger partial charge on any atom is -0.452 e. The summed E-state index contributed by atoms with van der Waals surface area (Å²) < 4.78 is 12.7. The number of benzene rings is 10. The highest BCUT2D eigenvalue weighted by Gasteiger charge is 2.19. The zero-order valence-corrected chi connectivity index (χ0v) is 30.3. The Kier molecular flexibility index (Phi) is 6.66. The molecule has 0 saturated heterocycles. The molecule has 2 heterocycles. The standard InChI is InChI=1S/C54H32O2/c1-2-11-36-30-38(25-22-33(36)10-1)37-12-9-13-40(31-37)52-44-17-5-3-15-42(44)51(43-16-4-6-18-45(43)52)35-23-20-34(21-24-35)39-26-29-50-48(32-39)47-28-27-46-41-14-7-8-19-49(41)55-53(46)54(47)56-50/h1-32H. The third-order valence-electron chi connectivity index (χ3n) is 11.7. The molecule has 0 N–H and O–H groups in total. The van der Waals surface area contributed by atoms with Gasteiger partial charge in [-0.1, -0.05) is 152 Å². The Morgan fingerprint density at radius 2 is 0.714 bits per heavy atom. The third-order valence-corrected chi connectivity index (χ3v) is 11.7. The number of fused-ring (bicyclic) bond motifs is 10. The predicted octanol–water partition coefficient (Wildman–Crippen LogP) is 15.6. The molecule has 12 rings (SSSR count). The van der Waals surface area contributed by atoms with Gasteiger partial charge in [-0.05, 0) is 119 Å². The number of para-hydroxylation sites is 1. The Balaban J connectivity index is 0.969. The van der Waals surface area contributed by atoms with E-state index in [1.807, 2.05) is 18.2 Å². The molecule has 0 aliphatic rings. The van der Waals surface area contributed by atoms with Crippen LogP contribution in [0.3, 0.4) is 0 Å². The van der Waals surface area contributed by atoms with E-state index >= 15 is 0 Å². The third kappa shape index (κ3) is 4.69. The summed E-state index contributed by atoms with van der Waals surface area (Å²) in [5.41, 5.74) is 13.0. The second-order valence-electron chi connectivity index (χ2n) is 14.8. The Bertz CT molecular complexity index is 3470. The van der Waals surface area contributed by atoms with Crippen LogP contribution in [0.4, 0.5) is 0 Å². The Morgan fingerprint density at radius 1 is 0.232 bits per heavy atom. The first-order valence-corrected chi connectivity index (χ1v) is 19.2. The van der Waals surface area contributed by atoms with E-state index in [-0.39, 0.29) is 0 Å². The monoisotopic (exact) mass is 712 g/mol. The molecule has 2 nitrogen and oxygen atoms in total. The molecule has 12 aromatic rings. The zero-order chi connectivity index (χ0) is 36.7. The van der Waals surface area contributed by atoms with Crippen molar-refractivity contribution in [3.63, 3.8) is 0 Å². The topological polar surface area (TPSA) is 26.3 Å². The highest BCUT2D eigenvalue weighted by atomic mass is 16.4. The summed E-state index contributed by atoms with van der Waals surface area (Å²) in [4.78, 5) is 0. The second-order valence-corrected chi connectivity index (χ2v) is 14.8. The smallest absolute Gasteiger partial charge is 0.178 e. The summed E-state index contributed by atoms with van der Waals surface area (Å²) in [6.07, 6.45) is 0. The lowest BCUT2D eigenvalue weighted by Gasteiger charge is -2.18. The first-order chi connectivity index (χ1) is 27.7. The molecule has 10 aromatic carbocycles. The minimum atomic E-state index is 0.795. The fraction of sp³-hybridized carbons (Fsp3) is 0. The normalized spacial score (nSPS) is 11.9. The minimum absolute atomic E-state index is 0.795. The SMILES string of the molecule is c1cc(-c2ccc3ccccc3c2)cc(-c2c3ccccc3c(-c3ccc(-c4ccc5oc6c(ccc7c8ccccc8oc76)c5c4)cc3)c3ccccc23)c1. The molecule has 0 aliphatic heterocycles. The van der Waals surface area contributed by atoms with Gasteiger partial charge in [0.15, 0.2) is 11.2 Å². The Hall–Kier alpha value is -7.42. The maximum Gasteiger partial charge on any atom is 0.178 e. The molecule has 0 unspecified atom stereocenters. The van der Waals surface area contributed by atoms with Gasteiger partial charge in [-0.2, -0.15) is 0 Å². The molecule has 0 radical (unpaired) electrons. The quantitative estimate of drug-likeness (QED) is 0.170. The van der Waals surface area contributed by atoms with Crippen LogP contribution in [0, 0.1) is 0 Å². The van der Waals surface area contributed by atoms with Crippen LogP contribution < -0.4 is 0 Å². The van der Waals surface area contributed by atoms with Crippen molar-refractivity contribution in [2.75, 3.05) is 0 Å². The Labute approximate surface area is 322 Å². The van der Waals surface area contributed by atoms with E-state index in [9.17, 15) is 0 Å². The first-order valence-electron chi connectivity index (χ1n) is 19.2. The number of hydrogen-bond acceptors (Lipinski definition) is 2. The number of furan rings is 2. The average molecular weight is 713 g/mol. The van der Waals surface area contributed by atoms with E-state index in [4.69, 9.17) is 8.83 Å². The highest BCUT2D eigenvalue weighted by Crippen LogP contribution is 2.45. The molecule has 0 amide bonds. The molecular weight excluding hydrogens is 681 g/mol. The molecular formula is C54H32O2. The molecule has 2 aromatic heterocycles. The average Bonchev–Trinajstić information content (AvgIpc) is 3.84. The van der Waals surface area contributed by atoms with Crippen molar-refractivity contribution < 1.29 is 8.83 Å². The molecule has 0 spiro atoms. The van der Waals surface area contributed by atoms with Gasteiger partial charge in [0, 0.05) is 21.5 Å². The maximum atomic E-state index is 6.44. The lowest BCUT2D eigenvalue weighted by atomic mass is 9.85. The van der Waals surface area contributed by atoms with Crippen molar-refractivity contribution in [3.8, 4) is 44.5 Å². The van der Waals surface area contributed by atoms with Crippen molar-refractivity contribution in [2.45, 2.75) is 0 Å². The largest absolute Gasteiger partial charge is 0.452 e. The molecule has 0 bridgehead atoms.